The van der Waals surface area contributed by atoms with Gasteiger partial charge in [0.2, 0.25) is 0 Å². The Bertz CT molecular complexity index is 1060. The molecule has 0 bridgehead atoms. The van der Waals surface area contributed by atoms with Crippen LogP contribution in [0.1, 0.15) is 23.6 Å². The number of carbonyl (C=O) groups is 1. The summed E-state index contributed by atoms with van der Waals surface area (Å²) in [5.41, 5.74) is 5.38. The Hall–Kier alpha value is -3.24. The third kappa shape index (κ3) is 3.91. The van der Waals surface area contributed by atoms with Crippen LogP contribution in [0.5, 0.6) is 0 Å². The van der Waals surface area contributed by atoms with E-state index in [0.717, 1.165) is 24.2 Å². The van der Waals surface area contributed by atoms with E-state index in [-0.39, 0.29) is 11.9 Å². The van der Waals surface area contributed by atoms with E-state index in [1.807, 2.05) is 60.4 Å². The molecule has 0 aliphatic carbocycles. The quantitative estimate of drug-likeness (QED) is 0.393. The highest BCUT2D eigenvalue weighted by Crippen LogP contribution is 2.30. The molecule has 0 spiro atoms. The number of rotatable bonds is 6. The van der Waals surface area contributed by atoms with E-state index in [1.165, 1.54) is 16.7 Å². The Balaban J connectivity index is 1.55. The first kappa shape index (κ1) is 20.0. The Kier molecular flexibility index (Phi) is 5.77. The van der Waals surface area contributed by atoms with Crippen molar-refractivity contribution < 1.29 is 4.79 Å². The molecule has 1 aliphatic heterocycles. The predicted molar refractivity (Wildman–Crippen MR) is 128 cm³/mol. The molecule has 3 nitrogen and oxygen atoms in total. The first-order valence-corrected chi connectivity index (χ1v) is 10.5. The summed E-state index contributed by atoms with van der Waals surface area (Å²) in [5, 5.41) is 0.514. The smallest absolute Gasteiger partial charge is 0.256 e. The first-order chi connectivity index (χ1) is 14.6. The number of hydrogen-bond acceptors (Lipinski definition) is 2. The van der Waals surface area contributed by atoms with Crippen LogP contribution in [0.15, 0.2) is 91.5 Å². The van der Waals surface area contributed by atoms with Crippen LogP contribution in [0.4, 0.5) is 11.4 Å². The van der Waals surface area contributed by atoms with E-state index in [2.05, 4.69) is 43.0 Å². The molecule has 4 heteroatoms. The van der Waals surface area contributed by atoms with Crippen molar-refractivity contribution in [1.29, 1.82) is 0 Å². The van der Waals surface area contributed by atoms with Gasteiger partial charge in [-0.1, -0.05) is 60.7 Å². The molecule has 1 amide bonds. The van der Waals surface area contributed by atoms with Gasteiger partial charge in [-0.05, 0) is 72.9 Å². The lowest BCUT2D eigenvalue weighted by molar-refractivity contribution is -0.117. The summed E-state index contributed by atoms with van der Waals surface area (Å²) in [6, 6.07) is 26.2. The van der Waals surface area contributed by atoms with Gasteiger partial charge in [0.05, 0.1) is 5.69 Å². The van der Waals surface area contributed by atoms with Crippen molar-refractivity contribution in [2.75, 3.05) is 9.80 Å². The molecule has 1 heterocycles. The van der Waals surface area contributed by atoms with Crippen molar-refractivity contribution in [3.63, 3.8) is 0 Å². The highest BCUT2D eigenvalue weighted by molar-refractivity contribution is 7.81. The Labute approximate surface area is 183 Å². The molecule has 1 atom stereocenters. The second-order valence-electron chi connectivity index (χ2n) is 7.49. The SMILES string of the molecule is C=CCc1ccc(N2C(=S)N(c3ccc(Cc4ccccc4)cc3)C(=O)C2C)cc1. The van der Waals surface area contributed by atoms with Crippen molar-refractivity contribution in [2.45, 2.75) is 25.8 Å². The lowest BCUT2D eigenvalue weighted by atomic mass is 10.0. The molecule has 30 heavy (non-hydrogen) atoms. The summed E-state index contributed by atoms with van der Waals surface area (Å²) < 4.78 is 0. The third-order valence-corrected chi connectivity index (χ3v) is 5.78. The largest absolute Gasteiger partial charge is 0.306 e. The molecule has 0 N–H and O–H groups in total. The van der Waals surface area contributed by atoms with Crippen LogP contribution in [-0.2, 0) is 17.6 Å². The van der Waals surface area contributed by atoms with Crippen LogP contribution < -0.4 is 9.80 Å². The normalized spacial score (nSPS) is 16.2. The highest BCUT2D eigenvalue weighted by atomic mass is 32.1. The Morgan fingerprint density at radius 1 is 0.867 bits per heavy atom. The molecular weight excluding hydrogens is 388 g/mol. The number of amides is 1. The van der Waals surface area contributed by atoms with Crippen LogP contribution in [0.2, 0.25) is 0 Å². The molecule has 1 saturated heterocycles. The lowest BCUT2D eigenvalue weighted by Crippen LogP contribution is -2.33. The predicted octanol–water partition coefficient (Wildman–Crippen LogP) is 5.53. The number of hydrogen-bond donors (Lipinski definition) is 0. The molecule has 3 aromatic carbocycles. The molecule has 150 valence electrons. The molecule has 1 unspecified atom stereocenters. The molecule has 0 radical (unpaired) electrons. The molecule has 4 rings (SSSR count). The molecule has 0 aromatic heterocycles. The minimum absolute atomic E-state index is 0.00835. The van der Waals surface area contributed by atoms with Gasteiger partial charge in [0.15, 0.2) is 5.11 Å². The second-order valence-corrected chi connectivity index (χ2v) is 7.86. The van der Waals surface area contributed by atoms with Gasteiger partial charge in [0, 0.05) is 5.69 Å². The summed E-state index contributed by atoms with van der Waals surface area (Å²) in [6.07, 6.45) is 3.56. The standard InChI is InChI=1S/C26H24N2OS/c1-3-7-20-10-14-23(15-11-20)27-19(2)25(29)28(26(27)30)24-16-12-22(13-17-24)18-21-8-5-4-6-9-21/h3-6,8-17,19H,1,7,18H2,2H3. The molecular formula is C26H24N2OS. The van der Waals surface area contributed by atoms with Crippen molar-refractivity contribution in [3.8, 4) is 0 Å². The highest BCUT2D eigenvalue weighted by Gasteiger charge is 2.41. The van der Waals surface area contributed by atoms with Crippen molar-refractivity contribution in [1.82, 2.24) is 0 Å². The van der Waals surface area contributed by atoms with Gasteiger partial charge in [0.25, 0.3) is 5.91 Å². The fourth-order valence-corrected chi connectivity index (χ4v) is 4.25. The van der Waals surface area contributed by atoms with Crippen LogP contribution in [0.3, 0.4) is 0 Å². The maximum atomic E-state index is 13.0. The van der Waals surface area contributed by atoms with Gasteiger partial charge in [-0.15, -0.1) is 6.58 Å². The van der Waals surface area contributed by atoms with Gasteiger partial charge < -0.3 is 4.90 Å². The van der Waals surface area contributed by atoms with Gasteiger partial charge in [-0.2, -0.15) is 0 Å². The average molecular weight is 413 g/mol. The van der Waals surface area contributed by atoms with Crippen LogP contribution in [0.25, 0.3) is 0 Å². The number of thiocarbonyl (C=S) groups is 1. The number of carbonyl (C=O) groups excluding carboxylic acids is 1. The van der Waals surface area contributed by atoms with Crippen LogP contribution in [-0.4, -0.2) is 17.1 Å². The van der Waals surface area contributed by atoms with Crippen LogP contribution in [0, 0.1) is 0 Å². The zero-order chi connectivity index (χ0) is 21.1. The summed E-state index contributed by atoms with van der Waals surface area (Å²) >= 11 is 5.72. The van der Waals surface area contributed by atoms with Gasteiger partial charge >= 0.3 is 0 Å². The molecule has 1 aliphatic rings. The third-order valence-electron chi connectivity index (χ3n) is 5.40. The lowest BCUT2D eigenvalue weighted by Gasteiger charge is -2.22. The number of allylic oxidation sites excluding steroid dienone is 1. The monoisotopic (exact) mass is 412 g/mol. The fourth-order valence-electron chi connectivity index (χ4n) is 3.79. The van der Waals surface area contributed by atoms with E-state index < -0.39 is 0 Å². The van der Waals surface area contributed by atoms with E-state index in [0.29, 0.717) is 5.11 Å². The Morgan fingerprint density at radius 2 is 1.43 bits per heavy atom. The summed E-state index contributed by atoms with van der Waals surface area (Å²) in [4.78, 5) is 16.6. The van der Waals surface area contributed by atoms with Gasteiger partial charge in [-0.3, -0.25) is 9.69 Å². The van der Waals surface area contributed by atoms with Gasteiger partial charge in [-0.25, -0.2) is 0 Å². The molecule has 1 fully saturated rings. The van der Waals surface area contributed by atoms with Gasteiger partial charge in [0.1, 0.15) is 6.04 Å². The minimum atomic E-state index is -0.341. The molecule has 3 aromatic rings. The van der Waals surface area contributed by atoms with E-state index in [9.17, 15) is 4.79 Å². The van der Waals surface area contributed by atoms with Crippen molar-refractivity contribution >= 4 is 34.6 Å². The van der Waals surface area contributed by atoms with E-state index in [4.69, 9.17) is 12.2 Å². The molecule has 0 saturated carbocycles. The average Bonchev–Trinajstić information content (AvgIpc) is 2.99. The summed E-state index contributed by atoms with van der Waals surface area (Å²) in [7, 11) is 0. The first-order valence-electron chi connectivity index (χ1n) is 10.1. The number of benzene rings is 3. The van der Waals surface area contributed by atoms with Crippen molar-refractivity contribution in [3.05, 3.63) is 108 Å². The topological polar surface area (TPSA) is 23.6 Å². The zero-order valence-electron chi connectivity index (χ0n) is 17.0. The summed E-state index contributed by atoms with van der Waals surface area (Å²) in [6.45, 7) is 5.68. The van der Waals surface area contributed by atoms with Crippen LogP contribution >= 0.6 is 12.2 Å². The Morgan fingerprint density at radius 3 is 2.07 bits per heavy atom. The number of nitrogens with zero attached hydrogens (tertiary/aromatic N) is 2. The zero-order valence-corrected chi connectivity index (χ0v) is 17.8. The van der Waals surface area contributed by atoms with E-state index in [1.54, 1.807) is 4.90 Å². The number of anilines is 2. The van der Waals surface area contributed by atoms with Crippen molar-refractivity contribution in [2.24, 2.45) is 0 Å². The minimum Gasteiger partial charge on any atom is -0.306 e. The maximum Gasteiger partial charge on any atom is 0.256 e. The summed E-state index contributed by atoms with van der Waals surface area (Å²) in [5.74, 6) is -0.00835. The maximum absolute atomic E-state index is 13.0. The fraction of sp³-hybridized carbons (Fsp3) is 0.154. The van der Waals surface area contributed by atoms with E-state index >= 15 is 0 Å². The second kappa shape index (κ2) is 8.64.